The SMILES string of the molecule is CCC(C)c1ccc(C(NC(=O)Cc2ccc(S(N)(=O)=O)cc2)c2cccs2)cc1. The van der Waals surface area contributed by atoms with E-state index in [-0.39, 0.29) is 23.3 Å². The maximum absolute atomic E-state index is 12.7. The van der Waals surface area contributed by atoms with Crippen LogP contribution in [0.15, 0.2) is 70.9 Å². The van der Waals surface area contributed by atoms with Crippen LogP contribution >= 0.6 is 11.3 Å². The second kappa shape index (κ2) is 9.55. The second-order valence-corrected chi connectivity index (χ2v) is 9.90. The molecule has 0 fully saturated rings. The maximum Gasteiger partial charge on any atom is 0.238 e. The molecule has 0 bridgehead atoms. The van der Waals surface area contributed by atoms with E-state index in [1.807, 2.05) is 17.5 Å². The summed E-state index contributed by atoms with van der Waals surface area (Å²) in [5, 5.41) is 10.2. The van der Waals surface area contributed by atoms with Crippen LogP contribution in [-0.4, -0.2) is 14.3 Å². The Hall–Kier alpha value is -2.48. The number of sulfonamides is 1. The van der Waals surface area contributed by atoms with Crippen molar-refractivity contribution in [2.75, 3.05) is 0 Å². The molecule has 2 atom stereocenters. The van der Waals surface area contributed by atoms with Gasteiger partial charge in [0.1, 0.15) is 0 Å². The fourth-order valence-corrected chi connectivity index (χ4v) is 4.54. The fourth-order valence-electron chi connectivity index (χ4n) is 3.22. The van der Waals surface area contributed by atoms with Gasteiger partial charge in [-0.2, -0.15) is 0 Å². The van der Waals surface area contributed by atoms with Crippen LogP contribution in [0.2, 0.25) is 0 Å². The van der Waals surface area contributed by atoms with Crippen LogP contribution in [0.5, 0.6) is 0 Å². The lowest BCUT2D eigenvalue weighted by Gasteiger charge is -2.19. The van der Waals surface area contributed by atoms with Crippen LogP contribution in [-0.2, 0) is 21.2 Å². The first kappa shape index (κ1) is 22.2. The summed E-state index contributed by atoms with van der Waals surface area (Å²) in [5.74, 6) is 0.358. The summed E-state index contributed by atoms with van der Waals surface area (Å²) in [5.41, 5.74) is 3.03. The van der Waals surface area contributed by atoms with E-state index in [0.29, 0.717) is 5.92 Å². The molecule has 0 saturated carbocycles. The average Bonchev–Trinajstić information content (AvgIpc) is 3.26. The number of thiophene rings is 1. The Morgan fingerprint density at radius 2 is 1.67 bits per heavy atom. The van der Waals surface area contributed by atoms with Crippen LogP contribution in [0.4, 0.5) is 0 Å². The van der Waals surface area contributed by atoms with Gasteiger partial charge in [-0.15, -0.1) is 11.3 Å². The number of carbonyl (C=O) groups excluding carboxylic acids is 1. The van der Waals surface area contributed by atoms with Crippen LogP contribution in [0.25, 0.3) is 0 Å². The first-order valence-electron chi connectivity index (χ1n) is 9.82. The molecule has 0 aliphatic rings. The Labute approximate surface area is 182 Å². The number of carbonyl (C=O) groups is 1. The number of amides is 1. The van der Waals surface area contributed by atoms with Crippen molar-refractivity contribution in [2.24, 2.45) is 5.14 Å². The van der Waals surface area contributed by atoms with Crippen LogP contribution in [0.1, 0.15) is 53.8 Å². The molecule has 7 heteroatoms. The first-order chi connectivity index (χ1) is 14.3. The van der Waals surface area contributed by atoms with E-state index < -0.39 is 10.0 Å². The normalized spacial score (nSPS) is 13.6. The van der Waals surface area contributed by atoms with Gasteiger partial charge in [0.2, 0.25) is 15.9 Å². The standard InChI is InChI=1S/C23H26N2O3S2/c1-3-16(2)18-8-10-19(11-9-18)23(21-5-4-14-29-21)25-22(26)15-17-6-12-20(13-7-17)30(24,27)28/h4-14,16,23H,3,15H2,1-2H3,(H,25,26)(H2,24,27,28). The third-order valence-electron chi connectivity index (χ3n) is 5.20. The average molecular weight is 443 g/mol. The highest BCUT2D eigenvalue weighted by Crippen LogP contribution is 2.28. The number of hydrogen-bond donors (Lipinski definition) is 2. The van der Waals surface area contributed by atoms with Crippen molar-refractivity contribution in [3.63, 3.8) is 0 Å². The zero-order chi connectivity index (χ0) is 21.7. The molecule has 0 radical (unpaired) electrons. The van der Waals surface area contributed by atoms with E-state index in [2.05, 4.69) is 43.4 Å². The van der Waals surface area contributed by atoms with Crippen molar-refractivity contribution < 1.29 is 13.2 Å². The van der Waals surface area contributed by atoms with Crippen LogP contribution in [0, 0.1) is 0 Å². The molecule has 30 heavy (non-hydrogen) atoms. The summed E-state index contributed by atoms with van der Waals surface area (Å²) in [6.45, 7) is 4.37. The molecule has 1 amide bonds. The first-order valence-corrected chi connectivity index (χ1v) is 12.2. The predicted octanol–water partition coefficient (Wildman–Crippen LogP) is 4.36. The van der Waals surface area contributed by atoms with Gasteiger partial charge >= 0.3 is 0 Å². The molecule has 3 rings (SSSR count). The van der Waals surface area contributed by atoms with Crippen molar-refractivity contribution >= 4 is 27.3 Å². The lowest BCUT2D eigenvalue weighted by Crippen LogP contribution is -2.30. The van der Waals surface area contributed by atoms with Crippen molar-refractivity contribution in [2.45, 2.75) is 43.5 Å². The number of hydrogen-bond acceptors (Lipinski definition) is 4. The lowest BCUT2D eigenvalue weighted by atomic mass is 9.95. The number of primary sulfonamides is 1. The van der Waals surface area contributed by atoms with Crippen LogP contribution in [0.3, 0.4) is 0 Å². The maximum atomic E-state index is 12.7. The minimum absolute atomic E-state index is 0.0320. The molecule has 2 aromatic carbocycles. The van der Waals surface area contributed by atoms with Gasteiger partial charge in [-0.3, -0.25) is 4.79 Å². The largest absolute Gasteiger partial charge is 0.344 e. The molecule has 1 heterocycles. The summed E-state index contributed by atoms with van der Waals surface area (Å²) in [6.07, 6.45) is 1.23. The molecule has 0 spiro atoms. The van der Waals surface area contributed by atoms with Crippen molar-refractivity contribution in [3.05, 3.63) is 87.6 Å². The minimum atomic E-state index is -3.74. The Kier molecular flexibility index (Phi) is 7.07. The second-order valence-electron chi connectivity index (χ2n) is 7.36. The fraction of sp³-hybridized carbons (Fsp3) is 0.261. The Morgan fingerprint density at radius 3 is 2.20 bits per heavy atom. The third-order valence-corrected chi connectivity index (χ3v) is 7.07. The minimum Gasteiger partial charge on any atom is -0.344 e. The number of nitrogens with two attached hydrogens (primary N) is 1. The molecule has 5 nitrogen and oxygen atoms in total. The highest BCUT2D eigenvalue weighted by atomic mass is 32.2. The van der Waals surface area contributed by atoms with Gasteiger partial charge in [-0.05, 0) is 52.6 Å². The van der Waals surface area contributed by atoms with Crippen molar-refractivity contribution in [3.8, 4) is 0 Å². The molecule has 158 valence electrons. The highest BCUT2D eigenvalue weighted by molar-refractivity contribution is 7.89. The number of rotatable bonds is 8. The highest BCUT2D eigenvalue weighted by Gasteiger charge is 2.19. The van der Waals surface area contributed by atoms with E-state index >= 15 is 0 Å². The predicted molar refractivity (Wildman–Crippen MR) is 121 cm³/mol. The van der Waals surface area contributed by atoms with Gasteiger partial charge in [-0.1, -0.05) is 56.3 Å². The molecular weight excluding hydrogens is 416 g/mol. The van der Waals surface area contributed by atoms with Gasteiger partial charge in [0.25, 0.3) is 0 Å². The number of benzene rings is 2. The topological polar surface area (TPSA) is 89.3 Å². The van der Waals surface area contributed by atoms with Gasteiger partial charge < -0.3 is 5.32 Å². The molecule has 1 aromatic heterocycles. The van der Waals surface area contributed by atoms with Gasteiger partial charge in [-0.25, -0.2) is 13.6 Å². The summed E-state index contributed by atoms with van der Waals surface area (Å²) in [6, 6.07) is 18.2. The smallest absolute Gasteiger partial charge is 0.238 e. The zero-order valence-corrected chi connectivity index (χ0v) is 18.7. The molecule has 3 aromatic rings. The Morgan fingerprint density at radius 1 is 1.03 bits per heavy atom. The van der Waals surface area contributed by atoms with Gasteiger partial charge in [0, 0.05) is 4.88 Å². The van der Waals surface area contributed by atoms with Gasteiger partial charge in [0.15, 0.2) is 0 Å². The lowest BCUT2D eigenvalue weighted by molar-refractivity contribution is -0.120. The van der Waals surface area contributed by atoms with Crippen molar-refractivity contribution in [1.29, 1.82) is 0 Å². The van der Waals surface area contributed by atoms with E-state index in [1.54, 1.807) is 23.5 Å². The molecule has 0 aliphatic heterocycles. The van der Waals surface area contributed by atoms with Crippen molar-refractivity contribution in [1.82, 2.24) is 5.32 Å². The zero-order valence-electron chi connectivity index (χ0n) is 17.0. The summed E-state index contributed by atoms with van der Waals surface area (Å²) in [4.78, 5) is 13.8. The third kappa shape index (κ3) is 5.56. The van der Waals surface area contributed by atoms with Crippen LogP contribution < -0.4 is 10.5 Å². The van der Waals surface area contributed by atoms with E-state index in [1.165, 1.54) is 17.7 Å². The van der Waals surface area contributed by atoms with E-state index in [0.717, 1.165) is 22.4 Å². The monoisotopic (exact) mass is 442 g/mol. The Bertz CT molecular complexity index is 1070. The molecule has 2 unspecified atom stereocenters. The van der Waals surface area contributed by atoms with Gasteiger partial charge in [0.05, 0.1) is 17.4 Å². The summed E-state index contributed by atoms with van der Waals surface area (Å²) < 4.78 is 22.8. The quantitative estimate of drug-likeness (QED) is 0.543. The molecule has 0 aliphatic carbocycles. The van der Waals surface area contributed by atoms with E-state index in [9.17, 15) is 13.2 Å². The molecular formula is C23H26N2O3S2. The number of nitrogens with one attached hydrogen (secondary N) is 1. The molecule has 0 saturated heterocycles. The summed E-state index contributed by atoms with van der Waals surface area (Å²) in [7, 11) is -3.74. The summed E-state index contributed by atoms with van der Waals surface area (Å²) >= 11 is 1.60. The Balaban J connectivity index is 1.76. The molecule has 3 N–H and O–H groups in total. The van der Waals surface area contributed by atoms with E-state index in [4.69, 9.17) is 5.14 Å².